The Balaban J connectivity index is 0.000000921. The SMILES string of the molecule is C/C(=N/O)c1ccc2c(c1)C(C)(C)C(C)CC2.CC.CC. The number of benzene rings is 1. The minimum Gasteiger partial charge on any atom is -0.411 e. The molecule has 0 bridgehead atoms. The van der Waals surface area contributed by atoms with E-state index < -0.39 is 0 Å². The van der Waals surface area contributed by atoms with E-state index in [9.17, 15) is 0 Å². The largest absolute Gasteiger partial charge is 0.411 e. The van der Waals surface area contributed by atoms with Crippen molar-refractivity contribution in [1.82, 2.24) is 0 Å². The van der Waals surface area contributed by atoms with E-state index in [-0.39, 0.29) is 5.41 Å². The Hall–Kier alpha value is -1.31. The third kappa shape index (κ3) is 4.33. The molecule has 0 fully saturated rings. The maximum Gasteiger partial charge on any atom is 0.0837 e. The van der Waals surface area contributed by atoms with Crippen molar-refractivity contribution >= 4 is 5.71 Å². The molecule has 1 atom stereocenters. The van der Waals surface area contributed by atoms with Crippen LogP contribution < -0.4 is 0 Å². The molecular weight excluding hydrogens is 258 g/mol. The summed E-state index contributed by atoms with van der Waals surface area (Å²) in [5.74, 6) is 0.691. The van der Waals surface area contributed by atoms with Gasteiger partial charge in [-0.3, -0.25) is 0 Å². The molecular formula is C19H33NO. The van der Waals surface area contributed by atoms with E-state index in [0.717, 1.165) is 12.0 Å². The van der Waals surface area contributed by atoms with Crippen LogP contribution in [0.4, 0.5) is 0 Å². The van der Waals surface area contributed by atoms with Gasteiger partial charge in [0.05, 0.1) is 5.71 Å². The van der Waals surface area contributed by atoms with Crippen LogP contribution in [0.3, 0.4) is 0 Å². The first-order valence-corrected chi connectivity index (χ1v) is 8.29. The van der Waals surface area contributed by atoms with Gasteiger partial charge >= 0.3 is 0 Å². The van der Waals surface area contributed by atoms with E-state index in [0.29, 0.717) is 11.6 Å². The number of hydrogen-bond donors (Lipinski definition) is 1. The van der Waals surface area contributed by atoms with Gasteiger partial charge in [-0.05, 0) is 53.9 Å². The predicted octanol–water partition coefficient (Wildman–Crippen LogP) is 5.80. The molecule has 2 heteroatoms. The highest BCUT2D eigenvalue weighted by atomic mass is 16.4. The molecule has 2 nitrogen and oxygen atoms in total. The minimum atomic E-state index is 0.208. The molecule has 0 spiro atoms. The third-order valence-corrected chi connectivity index (χ3v) is 4.45. The van der Waals surface area contributed by atoms with Gasteiger partial charge in [-0.1, -0.05) is 65.8 Å². The van der Waals surface area contributed by atoms with Gasteiger partial charge < -0.3 is 5.21 Å². The summed E-state index contributed by atoms with van der Waals surface area (Å²) in [6, 6.07) is 6.44. The van der Waals surface area contributed by atoms with Crippen molar-refractivity contribution < 1.29 is 5.21 Å². The number of hydrogen-bond acceptors (Lipinski definition) is 2. The second kappa shape index (κ2) is 8.86. The number of nitrogens with zero attached hydrogens (tertiary/aromatic N) is 1. The zero-order chi connectivity index (χ0) is 16.6. The van der Waals surface area contributed by atoms with E-state index in [4.69, 9.17) is 5.21 Å². The van der Waals surface area contributed by atoms with Crippen LogP contribution in [0.1, 0.15) is 78.5 Å². The Labute approximate surface area is 131 Å². The highest BCUT2D eigenvalue weighted by Gasteiger charge is 2.33. The Morgan fingerprint density at radius 3 is 2.29 bits per heavy atom. The molecule has 0 saturated carbocycles. The van der Waals surface area contributed by atoms with Gasteiger partial charge in [-0.25, -0.2) is 0 Å². The van der Waals surface area contributed by atoms with Gasteiger partial charge in [-0.15, -0.1) is 0 Å². The van der Waals surface area contributed by atoms with Gasteiger partial charge in [0.25, 0.3) is 0 Å². The zero-order valence-corrected chi connectivity index (χ0v) is 15.1. The minimum absolute atomic E-state index is 0.208. The number of oxime groups is 1. The molecule has 0 aromatic heterocycles. The van der Waals surface area contributed by atoms with Crippen molar-refractivity contribution in [2.45, 2.75) is 73.6 Å². The van der Waals surface area contributed by atoms with E-state index in [1.165, 1.54) is 17.5 Å². The zero-order valence-electron chi connectivity index (χ0n) is 15.1. The first kappa shape index (κ1) is 19.7. The first-order valence-electron chi connectivity index (χ1n) is 8.29. The molecule has 1 aromatic rings. The Morgan fingerprint density at radius 2 is 1.76 bits per heavy atom. The van der Waals surface area contributed by atoms with Crippen molar-refractivity contribution in [3.8, 4) is 0 Å². The highest BCUT2D eigenvalue weighted by molar-refractivity contribution is 5.98. The Morgan fingerprint density at radius 1 is 1.19 bits per heavy atom. The van der Waals surface area contributed by atoms with Gasteiger partial charge in [0.2, 0.25) is 0 Å². The normalized spacial score (nSPS) is 19.4. The van der Waals surface area contributed by atoms with Crippen LogP contribution in [-0.4, -0.2) is 10.9 Å². The summed E-state index contributed by atoms with van der Waals surface area (Å²) in [5.41, 5.74) is 4.77. The van der Waals surface area contributed by atoms with E-state index >= 15 is 0 Å². The molecule has 0 saturated heterocycles. The molecule has 21 heavy (non-hydrogen) atoms. The van der Waals surface area contributed by atoms with Crippen molar-refractivity contribution in [2.24, 2.45) is 11.1 Å². The molecule has 1 unspecified atom stereocenters. The van der Waals surface area contributed by atoms with E-state index in [1.807, 2.05) is 34.6 Å². The van der Waals surface area contributed by atoms with E-state index in [2.05, 4.69) is 44.1 Å². The maximum absolute atomic E-state index is 8.86. The lowest BCUT2D eigenvalue weighted by Gasteiger charge is -2.39. The monoisotopic (exact) mass is 291 g/mol. The van der Waals surface area contributed by atoms with Gasteiger partial charge in [0.15, 0.2) is 0 Å². The van der Waals surface area contributed by atoms with Gasteiger partial charge in [0.1, 0.15) is 0 Å². The number of fused-ring (bicyclic) bond motifs is 1. The fraction of sp³-hybridized carbons (Fsp3) is 0.632. The van der Waals surface area contributed by atoms with E-state index in [1.54, 1.807) is 0 Å². The average molecular weight is 291 g/mol. The summed E-state index contributed by atoms with van der Waals surface area (Å²) in [5, 5.41) is 12.2. The first-order chi connectivity index (χ1) is 9.96. The van der Waals surface area contributed by atoms with Crippen LogP contribution in [0.15, 0.2) is 23.4 Å². The molecule has 0 amide bonds. The lowest BCUT2D eigenvalue weighted by Crippen LogP contribution is -2.32. The van der Waals surface area contributed by atoms with Gasteiger partial charge in [-0.2, -0.15) is 0 Å². The summed E-state index contributed by atoms with van der Waals surface area (Å²) >= 11 is 0. The van der Waals surface area contributed by atoms with Crippen molar-refractivity contribution in [1.29, 1.82) is 0 Å². The van der Waals surface area contributed by atoms with Crippen LogP contribution in [0.5, 0.6) is 0 Å². The van der Waals surface area contributed by atoms with Crippen LogP contribution >= 0.6 is 0 Å². The molecule has 120 valence electrons. The fourth-order valence-electron chi connectivity index (χ4n) is 2.68. The topological polar surface area (TPSA) is 32.6 Å². The van der Waals surface area contributed by atoms with Crippen LogP contribution in [0.2, 0.25) is 0 Å². The fourth-order valence-corrected chi connectivity index (χ4v) is 2.68. The average Bonchev–Trinajstić information content (AvgIpc) is 2.54. The van der Waals surface area contributed by atoms with Crippen LogP contribution in [-0.2, 0) is 11.8 Å². The van der Waals surface area contributed by atoms with Crippen LogP contribution in [0, 0.1) is 5.92 Å². The lowest BCUT2D eigenvalue weighted by molar-refractivity contribution is 0.302. The maximum atomic E-state index is 8.86. The molecule has 0 heterocycles. The standard InChI is InChI=1S/C15H21NO.2C2H6/c1-10-5-6-12-7-8-13(11(2)16-17)9-14(12)15(10,3)4;2*1-2/h7-10,17H,5-6H2,1-4H3;2*1-2H3/b16-11-;;. The summed E-state index contributed by atoms with van der Waals surface area (Å²) in [7, 11) is 0. The second-order valence-electron chi connectivity index (χ2n) is 5.72. The quantitative estimate of drug-likeness (QED) is 0.396. The summed E-state index contributed by atoms with van der Waals surface area (Å²) < 4.78 is 0. The molecule has 1 aromatic carbocycles. The number of rotatable bonds is 1. The molecule has 2 rings (SSSR count). The van der Waals surface area contributed by atoms with Crippen molar-refractivity contribution in [3.63, 3.8) is 0 Å². The molecule has 0 radical (unpaired) electrons. The predicted molar refractivity (Wildman–Crippen MR) is 93.6 cm³/mol. The van der Waals surface area contributed by atoms with Crippen LogP contribution in [0.25, 0.3) is 0 Å². The molecule has 1 aliphatic carbocycles. The smallest absolute Gasteiger partial charge is 0.0837 e. The van der Waals surface area contributed by atoms with Gasteiger partial charge in [0, 0.05) is 0 Å². The summed E-state index contributed by atoms with van der Waals surface area (Å²) in [6.07, 6.45) is 2.42. The Bertz CT molecular complexity index is 461. The van der Waals surface area contributed by atoms with Crippen molar-refractivity contribution in [2.75, 3.05) is 0 Å². The molecule has 1 aliphatic rings. The third-order valence-electron chi connectivity index (χ3n) is 4.45. The second-order valence-corrected chi connectivity index (χ2v) is 5.72. The highest BCUT2D eigenvalue weighted by Crippen LogP contribution is 2.41. The lowest BCUT2D eigenvalue weighted by atomic mass is 9.66. The number of aryl methyl sites for hydroxylation is 1. The summed E-state index contributed by atoms with van der Waals surface area (Å²) in [6.45, 7) is 16.8. The Kier molecular flexibility index (Phi) is 8.31. The molecule has 0 aliphatic heterocycles. The van der Waals surface area contributed by atoms with Crippen molar-refractivity contribution in [3.05, 3.63) is 34.9 Å². The summed E-state index contributed by atoms with van der Waals surface area (Å²) in [4.78, 5) is 0. The molecule has 1 N–H and O–H groups in total.